The van der Waals surface area contributed by atoms with Crippen LogP contribution in [0.2, 0.25) is 10.0 Å². The summed E-state index contributed by atoms with van der Waals surface area (Å²) in [6.07, 6.45) is 3.04. The van der Waals surface area contributed by atoms with Crippen LogP contribution >= 0.6 is 23.2 Å². The molecule has 5 rings (SSSR count). The molecule has 0 aliphatic heterocycles. The van der Waals surface area contributed by atoms with E-state index in [-0.39, 0.29) is 5.91 Å². The van der Waals surface area contributed by atoms with Crippen molar-refractivity contribution in [2.45, 2.75) is 6.54 Å². The van der Waals surface area contributed by atoms with Crippen molar-refractivity contribution in [1.82, 2.24) is 10.3 Å². The standard InChI is InChI=1S/C27H18Cl2N2O3/c28-20-13-19(14-21(29)15-20)24-11-9-22(33-24)10-12-26(32)30-16-17-5-7-18(8-6-17)27-31-23-3-1-2-4-25(23)34-27/h1-15H,16H2,(H,30,32)/b12-10+. The molecule has 2 aromatic heterocycles. The van der Waals surface area contributed by atoms with Crippen LogP contribution in [0.1, 0.15) is 11.3 Å². The van der Waals surface area contributed by atoms with Crippen LogP contribution in [-0.4, -0.2) is 10.9 Å². The van der Waals surface area contributed by atoms with Crippen LogP contribution in [0.25, 0.3) is 40.0 Å². The zero-order chi connectivity index (χ0) is 23.5. The average molecular weight is 489 g/mol. The van der Waals surface area contributed by atoms with Gasteiger partial charge in [0, 0.05) is 33.8 Å². The van der Waals surface area contributed by atoms with Gasteiger partial charge in [-0.1, -0.05) is 47.5 Å². The summed E-state index contributed by atoms with van der Waals surface area (Å²) in [7, 11) is 0. The summed E-state index contributed by atoms with van der Waals surface area (Å²) in [4.78, 5) is 16.7. The zero-order valence-electron chi connectivity index (χ0n) is 17.8. The van der Waals surface area contributed by atoms with Crippen LogP contribution in [0.4, 0.5) is 0 Å². The number of nitrogens with one attached hydrogen (secondary N) is 1. The minimum Gasteiger partial charge on any atom is -0.457 e. The molecule has 1 amide bonds. The second-order valence-electron chi connectivity index (χ2n) is 7.59. The van der Waals surface area contributed by atoms with Crippen molar-refractivity contribution >= 4 is 46.3 Å². The number of hydrogen-bond donors (Lipinski definition) is 1. The molecule has 0 fully saturated rings. The molecule has 0 unspecified atom stereocenters. The molecule has 0 bridgehead atoms. The summed E-state index contributed by atoms with van der Waals surface area (Å²) < 4.78 is 11.6. The third-order valence-electron chi connectivity index (χ3n) is 5.13. The van der Waals surface area contributed by atoms with Gasteiger partial charge >= 0.3 is 0 Å². The summed E-state index contributed by atoms with van der Waals surface area (Å²) in [6, 6.07) is 24.1. The fourth-order valence-electron chi connectivity index (χ4n) is 3.46. The Morgan fingerprint density at radius 3 is 2.41 bits per heavy atom. The van der Waals surface area contributed by atoms with Gasteiger partial charge in [0.05, 0.1) is 0 Å². The van der Waals surface area contributed by atoms with Gasteiger partial charge in [0.15, 0.2) is 5.58 Å². The Bertz CT molecular complexity index is 1450. The molecule has 2 heterocycles. The van der Waals surface area contributed by atoms with Crippen molar-refractivity contribution in [3.63, 3.8) is 0 Å². The van der Waals surface area contributed by atoms with E-state index >= 15 is 0 Å². The molecule has 0 spiro atoms. The average Bonchev–Trinajstić information content (AvgIpc) is 3.48. The molecule has 0 saturated heterocycles. The van der Waals surface area contributed by atoms with Gasteiger partial charge in [0.1, 0.15) is 17.0 Å². The maximum absolute atomic E-state index is 12.2. The van der Waals surface area contributed by atoms with Crippen molar-refractivity contribution in [2.75, 3.05) is 0 Å². The lowest BCUT2D eigenvalue weighted by atomic mass is 10.1. The minimum absolute atomic E-state index is 0.230. The monoisotopic (exact) mass is 488 g/mol. The van der Waals surface area contributed by atoms with E-state index in [0.29, 0.717) is 34.0 Å². The zero-order valence-corrected chi connectivity index (χ0v) is 19.3. The van der Waals surface area contributed by atoms with Crippen LogP contribution < -0.4 is 5.32 Å². The van der Waals surface area contributed by atoms with Crippen molar-refractivity contribution in [3.8, 4) is 22.8 Å². The van der Waals surface area contributed by atoms with Gasteiger partial charge in [-0.15, -0.1) is 0 Å². The van der Waals surface area contributed by atoms with E-state index in [9.17, 15) is 4.79 Å². The summed E-state index contributed by atoms with van der Waals surface area (Å²) in [5, 5.41) is 3.91. The van der Waals surface area contributed by atoms with Crippen molar-refractivity contribution in [3.05, 3.63) is 106 Å². The number of amides is 1. The molecule has 0 aliphatic carbocycles. The second kappa shape index (κ2) is 9.59. The van der Waals surface area contributed by atoms with E-state index in [2.05, 4.69) is 10.3 Å². The van der Waals surface area contributed by atoms with Gasteiger partial charge in [0.2, 0.25) is 11.8 Å². The predicted molar refractivity (Wildman–Crippen MR) is 134 cm³/mol. The van der Waals surface area contributed by atoms with Crippen LogP contribution in [0, 0.1) is 0 Å². The van der Waals surface area contributed by atoms with Gasteiger partial charge in [-0.05, 0) is 66.2 Å². The number of aromatic nitrogens is 1. The Balaban J connectivity index is 1.18. The molecule has 0 atom stereocenters. The maximum Gasteiger partial charge on any atom is 0.244 e. The molecule has 3 aromatic carbocycles. The number of oxazole rings is 1. The normalized spacial score (nSPS) is 11.4. The first-order chi connectivity index (χ1) is 16.5. The summed E-state index contributed by atoms with van der Waals surface area (Å²) >= 11 is 12.1. The highest BCUT2D eigenvalue weighted by Gasteiger charge is 2.08. The topological polar surface area (TPSA) is 68.3 Å². The first-order valence-corrected chi connectivity index (χ1v) is 11.3. The van der Waals surface area contributed by atoms with Gasteiger partial charge in [0.25, 0.3) is 0 Å². The first-order valence-electron chi connectivity index (χ1n) is 10.5. The Morgan fingerprint density at radius 2 is 1.65 bits per heavy atom. The molecule has 34 heavy (non-hydrogen) atoms. The highest BCUT2D eigenvalue weighted by atomic mass is 35.5. The lowest BCUT2D eigenvalue weighted by Gasteiger charge is -2.03. The third kappa shape index (κ3) is 5.06. The number of carbonyl (C=O) groups is 1. The maximum atomic E-state index is 12.2. The Labute approximate surface area is 205 Å². The molecule has 168 valence electrons. The summed E-state index contributed by atoms with van der Waals surface area (Å²) in [6.45, 7) is 0.390. The minimum atomic E-state index is -0.230. The molecular weight excluding hydrogens is 471 g/mol. The SMILES string of the molecule is O=C(/C=C/c1ccc(-c2cc(Cl)cc(Cl)c2)o1)NCc1ccc(-c2nc3ccccc3o2)cc1. The van der Waals surface area contributed by atoms with E-state index in [1.165, 1.54) is 6.08 Å². The second-order valence-corrected chi connectivity index (χ2v) is 8.47. The Kier molecular flexibility index (Phi) is 6.21. The molecular formula is C27H18Cl2N2O3. The van der Waals surface area contributed by atoms with E-state index in [1.807, 2.05) is 48.5 Å². The van der Waals surface area contributed by atoms with Crippen molar-refractivity contribution < 1.29 is 13.6 Å². The van der Waals surface area contributed by atoms with Crippen LogP contribution in [0.3, 0.4) is 0 Å². The number of halogens is 2. The Hall–Kier alpha value is -3.80. The lowest BCUT2D eigenvalue weighted by Crippen LogP contribution is -2.20. The molecule has 5 aromatic rings. The number of nitrogens with zero attached hydrogens (tertiary/aromatic N) is 1. The first kappa shape index (κ1) is 22.0. The quantitative estimate of drug-likeness (QED) is 0.253. The van der Waals surface area contributed by atoms with Crippen LogP contribution in [-0.2, 0) is 11.3 Å². The highest BCUT2D eigenvalue weighted by molar-refractivity contribution is 6.35. The fraction of sp³-hybridized carbons (Fsp3) is 0.0370. The molecule has 1 N–H and O–H groups in total. The van der Waals surface area contributed by atoms with Gasteiger partial charge < -0.3 is 14.2 Å². The fourth-order valence-corrected chi connectivity index (χ4v) is 3.99. The predicted octanol–water partition coefficient (Wildman–Crippen LogP) is 7.39. The number of furan rings is 1. The van der Waals surface area contributed by atoms with Gasteiger partial charge in [-0.25, -0.2) is 4.98 Å². The number of benzene rings is 3. The summed E-state index contributed by atoms with van der Waals surface area (Å²) in [5.74, 6) is 1.50. The van der Waals surface area contributed by atoms with Crippen LogP contribution in [0.15, 0.2) is 93.8 Å². The number of rotatable bonds is 6. The molecule has 5 nitrogen and oxygen atoms in total. The smallest absolute Gasteiger partial charge is 0.244 e. The van der Waals surface area contributed by atoms with E-state index < -0.39 is 0 Å². The lowest BCUT2D eigenvalue weighted by molar-refractivity contribution is -0.116. The van der Waals surface area contributed by atoms with Gasteiger partial charge in [-0.3, -0.25) is 4.79 Å². The molecule has 0 radical (unpaired) electrons. The largest absolute Gasteiger partial charge is 0.457 e. The van der Waals surface area contributed by atoms with E-state index in [1.54, 1.807) is 36.4 Å². The van der Waals surface area contributed by atoms with Crippen molar-refractivity contribution in [1.29, 1.82) is 0 Å². The molecule has 0 saturated carbocycles. The van der Waals surface area contributed by atoms with Crippen LogP contribution in [0.5, 0.6) is 0 Å². The Morgan fingerprint density at radius 1 is 0.882 bits per heavy atom. The third-order valence-corrected chi connectivity index (χ3v) is 5.57. The highest BCUT2D eigenvalue weighted by Crippen LogP contribution is 2.29. The number of carbonyl (C=O) groups excluding carboxylic acids is 1. The van der Waals surface area contributed by atoms with E-state index in [4.69, 9.17) is 32.0 Å². The summed E-state index contributed by atoms with van der Waals surface area (Å²) in [5.41, 5.74) is 4.17. The van der Waals surface area contributed by atoms with Crippen molar-refractivity contribution in [2.24, 2.45) is 0 Å². The number of para-hydroxylation sites is 2. The van der Waals surface area contributed by atoms with Gasteiger partial charge in [-0.2, -0.15) is 0 Å². The number of fused-ring (bicyclic) bond motifs is 1. The number of hydrogen-bond acceptors (Lipinski definition) is 4. The molecule has 0 aliphatic rings. The molecule has 7 heteroatoms. The van der Waals surface area contributed by atoms with E-state index in [0.717, 1.165) is 27.8 Å².